The van der Waals surface area contributed by atoms with Crippen LogP contribution in [-0.4, -0.2) is 42.4 Å². The highest BCUT2D eigenvalue weighted by Gasteiger charge is 2.38. The minimum atomic E-state index is -2.78. The van der Waals surface area contributed by atoms with E-state index in [2.05, 4.69) is 4.74 Å². The largest absolute Gasteiger partial charge is 0.345 e. The van der Waals surface area contributed by atoms with E-state index in [0.717, 1.165) is 0 Å². The first-order valence-corrected chi connectivity index (χ1v) is 6.22. The summed E-state index contributed by atoms with van der Waals surface area (Å²) in [5.41, 5.74) is 0. The molecule has 0 N–H and O–H groups in total. The minimum absolute atomic E-state index is 0.0246. The minimum Gasteiger partial charge on any atom is -0.337 e. The van der Waals surface area contributed by atoms with Crippen LogP contribution in [0.25, 0.3) is 0 Å². The van der Waals surface area contributed by atoms with Crippen LogP contribution in [0.1, 0.15) is 26.2 Å². The number of likely N-dealkylation sites (tertiary alicyclic amines) is 1. The van der Waals surface area contributed by atoms with Crippen LogP contribution in [0, 0.1) is 11.8 Å². The number of carbonyl (C=O) groups is 2. The van der Waals surface area contributed by atoms with Gasteiger partial charge in [-0.05, 0) is 12.8 Å². The highest BCUT2D eigenvalue weighted by molar-refractivity contribution is 5.86. The number of hydrogen-bond donors (Lipinski definition) is 0. The van der Waals surface area contributed by atoms with E-state index in [1.807, 2.05) is 6.92 Å². The number of rotatable bonds is 3. The van der Waals surface area contributed by atoms with Gasteiger partial charge < -0.3 is 9.64 Å². The molecule has 1 saturated carbocycles. The fourth-order valence-electron chi connectivity index (χ4n) is 2.57. The molecule has 2 rings (SSSR count). The summed E-state index contributed by atoms with van der Waals surface area (Å²) >= 11 is 0. The molecule has 1 heterocycles. The Labute approximate surface area is 104 Å². The first kappa shape index (κ1) is 13.4. The van der Waals surface area contributed by atoms with E-state index >= 15 is 0 Å². The van der Waals surface area contributed by atoms with Crippen molar-refractivity contribution < 1.29 is 23.1 Å². The SMILES string of the molecule is CC1CC(C(=O)N2CC(OC(F)F)C2)CCC1=O. The molecule has 0 aromatic rings. The molecule has 0 spiro atoms. The molecule has 4 nitrogen and oxygen atoms in total. The van der Waals surface area contributed by atoms with Gasteiger partial charge in [-0.25, -0.2) is 0 Å². The molecule has 0 bridgehead atoms. The second kappa shape index (κ2) is 5.30. The van der Waals surface area contributed by atoms with Crippen molar-refractivity contribution in [3.8, 4) is 0 Å². The van der Waals surface area contributed by atoms with Crippen LogP contribution >= 0.6 is 0 Å². The Hall–Kier alpha value is -1.04. The normalized spacial score (nSPS) is 29.6. The first-order chi connectivity index (χ1) is 8.47. The van der Waals surface area contributed by atoms with E-state index in [0.29, 0.717) is 19.3 Å². The molecule has 1 amide bonds. The van der Waals surface area contributed by atoms with Crippen LogP contribution in [-0.2, 0) is 14.3 Å². The molecule has 0 aromatic heterocycles. The molecule has 2 fully saturated rings. The summed E-state index contributed by atoms with van der Waals surface area (Å²) < 4.78 is 28.2. The molecule has 1 aliphatic heterocycles. The smallest absolute Gasteiger partial charge is 0.337 e. The van der Waals surface area contributed by atoms with Gasteiger partial charge in [-0.15, -0.1) is 0 Å². The number of amides is 1. The zero-order chi connectivity index (χ0) is 13.3. The number of alkyl halides is 2. The molecule has 2 atom stereocenters. The van der Waals surface area contributed by atoms with Crippen molar-refractivity contribution in [3.05, 3.63) is 0 Å². The third-order valence-electron chi connectivity index (χ3n) is 3.73. The third kappa shape index (κ3) is 2.85. The van der Waals surface area contributed by atoms with E-state index in [1.54, 1.807) is 4.90 Å². The van der Waals surface area contributed by atoms with Crippen molar-refractivity contribution in [2.45, 2.75) is 38.9 Å². The molecule has 0 aromatic carbocycles. The summed E-state index contributed by atoms with van der Waals surface area (Å²) in [7, 11) is 0. The summed E-state index contributed by atoms with van der Waals surface area (Å²) in [4.78, 5) is 24.9. The van der Waals surface area contributed by atoms with Crippen molar-refractivity contribution in [3.63, 3.8) is 0 Å². The number of ketones is 1. The van der Waals surface area contributed by atoms with Gasteiger partial charge in [0.2, 0.25) is 5.91 Å². The predicted octanol–water partition coefficient (Wildman–Crippen LogP) is 1.44. The molecule has 2 aliphatic rings. The van der Waals surface area contributed by atoms with Gasteiger partial charge in [0, 0.05) is 31.3 Å². The number of halogens is 2. The molecule has 18 heavy (non-hydrogen) atoms. The summed E-state index contributed by atoms with van der Waals surface area (Å²) in [5, 5.41) is 0. The average Bonchev–Trinajstić information content (AvgIpc) is 2.25. The topological polar surface area (TPSA) is 46.6 Å². The van der Waals surface area contributed by atoms with Crippen molar-refractivity contribution in [1.82, 2.24) is 4.90 Å². The molecule has 1 saturated heterocycles. The predicted molar refractivity (Wildman–Crippen MR) is 59.0 cm³/mol. The number of nitrogens with zero attached hydrogens (tertiary/aromatic N) is 1. The van der Waals surface area contributed by atoms with Gasteiger partial charge in [0.15, 0.2) is 0 Å². The second-order valence-electron chi connectivity index (χ2n) is 5.10. The molecule has 102 valence electrons. The lowest BCUT2D eigenvalue weighted by atomic mass is 9.80. The summed E-state index contributed by atoms with van der Waals surface area (Å²) in [6.45, 7) is -0.468. The van der Waals surface area contributed by atoms with E-state index in [-0.39, 0.29) is 36.6 Å². The zero-order valence-electron chi connectivity index (χ0n) is 10.3. The standard InChI is InChI=1S/C12H17F2NO3/c1-7-4-8(2-3-10(7)16)11(17)15-5-9(6-15)18-12(13)14/h7-9,12H,2-6H2,1H3. The van der Waals surface area contributed by atoms with Crippen LogP contribution in [0.3, 0.4) is 0 Å². The summed E-state index contributed by atoms with van der Waals surface area (Å²) in [5.74, 6) is -0.0164. The van der Waals surface area contributed by atoms with Gasteiger partial charge in [-0.3, -0.25) is 9.59 Å². The van der Waals surface area contributed by atoms with Gasteiger partial charge in [-0.1, -0.05) is 6.92 Å². The summed E-state index contributed by atoms with van der Waals surface area (Å²) in [6, 6.07) is 0. The number of ether oxygens (including phenoxy) is 1. The Kier molecular flexibility index (Phi) is 3.94. The molecular formula is C12H17F2NO3. The van der Waals surface area contributed by atoms with Gasteiger partial charge in [0.25, 0.3) is 0 Å². The van der Waals surface area contributed by atoms with Gasteiger partial charge in [0.05, 0.1) is 6.10 Å². The monoisotopic (exact) mass is 261 g/mol. The molecule has 1 aliphatic carbocycles. The number of hydrogen-bond acceptors (Lipinski definition) is 3. The van der Waals surface area contributed by atoms with Gasteiger partial charge >= 0.3 is 6.61 Å². The van der Waals surface area contributed by atoms with Gasteiger partial charge in [-0.2, -0.15) is 8.78 Å². The molecule has 6 heteroatoms. The van der Waals surface area contributed by atoms with Gasteiger partial charge in [0.1, 0.15) is 5.78 Å². The lowest BCUT2D eigenvalue weighted by molar-refractivity contribution is -0.200. The Morgan fingerprint density at radius 1 is 1.44 bits per heavy atom. The second-order valence-corrected chi connectivity index (χ2v) is 5.10. The molecule has 0 radical (unpaired) electrons. The quantitative estimate of drug-likeness (QED) is 0.772. The Balaban J connectivity index is 1.78. The Morgan fingerprint density at radius 2 is 2.11 bits per heavy atom. The number of carbonyl (C=O) groups excluding carboxylic acids is 2. The van der Waals surface area contributed by atoms with E-state index in [9.17, 15) is 18.4 Å². The van der Waals surface area contributed by atoms with Crippen LogP contribution < -0.4 is 0 Å². The first-order valence-electron chi connectivity index (χ1n) is 6.22. The van der Waals surface area contributed by atoms with Crippen LogP contribution in [0.5, 0.6) is 0 Å². The van der Waals surface area contributed by atoms with Crippen LogP contribution in [0.15, 0.2) is 0 Å². The fraction of sp³-hybridized carbons (Fsp3) is 0.833. The number of Topliss-reactive ketones (excluding diaryl/α,β-unsaturated/α-hetero) is 1. The van der Waals surface area contributed by atoms with Crippen molar-refractivity contribution in [1.29, 1.82) is 0 Å². The fourth-order valence-corrected chi connectivity index (χ4v) is 2.57. The maximum atomic E-state index is 12.0. The average molecular weight is 261 g/mol. The maximum Gasteiger partial charge on any atom is 0.345 e. The Bertz CT molecular complexity index is 342. The lowest BCUT2D eigenvalue weighted by Crippen LogP contribution is -2.57. The summed E-state index contributed by atoms with van der Waals surface area (Å²) in [6.07, 6.45) is 1.06. The Morgan fingerprint density at radius 3 is 2.67 bits per heavy atom. The van der Waals surface area contributed by atoms with E-state index in [1.165, 1.54) is 0 Å². The molecule has 2 unspecified atom stereocenters. The van der Waals surface area contributed by atoms with Crippen molar-refractivity contribution >= 4 is 11.7 Å². The van der Waals surface area contributed by atoms with E-state index in [4.69, 9.17) is 0 Å². The third-order valence-corrected chi connectivity index (χ3v) is 3.73. The van der Waals surface area contributed by atoms with Crippen molar-refractivity contribution in [2.75, 3.05) is 13.1 Å². The zero-order valence-corrected chi connectivity index (χ0v) is 10.3. The van der Waals surface area contributed by atoms with Crippen molar-refractivity contribution in [2.24, 2.45) is 11.8 Å². The molecular weight excluding hydrogens is 244 g/mol. The lowest BCUT2D eigenvalue weighted by Gasteiger charge is -2.41. The van der Waals surface area contributed by atoms with E-state index < -0.39 is 12.7 Å². The van der Waals surface area contributed by atoms with Crippen LogP contribution in [0.2, 0.25) is 0 Å². The highest BCUT2D eigenvalue weighted by atomic mass is 19.3. The highest BCUT2D eigenvalue weighted by Crippen LogP contribution is 2.29. The maximum absolute atomic E-state index is 12.0. The van der Waals surface area contributed by atoms with Crippen LogP contribution in [0.4, 0.5) is 8.78 Å².